The fourth-order valence-electron chi connectivity index (χ4n) is 5.08. The van der Waals surface area contributed by atoms with E-state index in [0.29, 0.717) is 22.4 Å². The van der Waals surface area contributed by atoms with Gasteiger partial charge in [0.1, 0.15) is 0 Å². The van der Waals surface area contributed by atoms with Crippen LogP contribution in [0.3, 0.4) is 0 Å². The second-order valence-corrected chi connectivity index (χ2v) is 11.0. The summed E-state index contributed by atoms with van der Waals surface area (Å²) in [4.78, 5) is 0.387. The van der Waals surface area contributed by atoms with Gasteiger partial charge in [0.15, 0.2) is 0 Å². The molecule has 150 valence electrons. The van der Waals surface area contributed by atoms with E-state index in [-0.39, 0.29) is 5.41 Å². The van der Waals surface area contributed by atoms with Crippen molar-refractivity contribution < 1.29 is 8.42 Å². The van der Waals surface area contributed by atoms with Gasteiger partial charge in [0, 0.05) is 17.0 Å². The highest BCUT2D eigenvalue weighted by Gasteiger charge is 2.45. The normalized spacial score (nSPS) is 23.0. The van der Waals surface area contributed by atoms with E-state index in [4.69, 9.17) is 11.6 Å². The third-order valence-electron chi connectivity index (χ3n) is 6.50. The summed E-state index contributed by atoms with van der Waals surface area (Å²) in [6, 6.07) is 12.9. The fourth-order valence-corrected chi connectivity index (χ4v) is 7.09. The molecule has 0 radical (unpaired) electrons. The van der Waals surface area contributed by atoms with Gasteiger partial charge < -0.3 is 0 Å². The lowest BCUT2D eigenvalue weighted by atomic mass is 9.73. The standard InChI is InChI=1S/C23H28ClNO2S/c1-17-8-6-7-11-22(17)28(26,27)25-16-23(2,15-18-9-4-3-5-10-18)20-14-19(24)12-13-21(20)25/h6-8,11-14,18H,3-5,9-10,15-16H2,1-2H3. The third-order valence-corrected chi connectivity index (χ3v) is 8.65. The highest BCUT2D eigenvalue weighted by atomic mass is 35.5. The van der Waals surface area contributed by atoms with Crippen LogP contribution in [0.5, 0.6) is 0 Å². The van der Waals surface area contributed by atoms with Gasteiger partial charge in [-0.05, 0) is 54.7 Å². The van der Waals surface area contributed by atoms with Crippen LogP contribution < -0.4 is 4.31 Å². The second-order valence-electron chi connectivity index (χ2n) is 8.71. The Bertz CT molecular complexity index is 982. The van der Waals surface area contributed by atoms with Gasteiger partial charge in [0.25, 0.3) is 10.0 Å². The van der Waals surface area contributed by atoms with Crippen molar-refractivity contribution in [1.29, 1.82) is 0 Å². The van der Waals surface area contributed by atoms with Gasteiger partial charge in [-0.25, -0.2) is 8.42 Å². The Balaban J connectivity index is 1.76. The number of hydrogen-bond donors (Lipinski definition) is 0. The number of sulfonamides is 1. The molecular weight excluding hydrogens is 390 g/mol. The van der Waals surface area contributed by atoms with Crippen molar-refractivity contribution in [3.05, 3.63) is 58.6 Å². The Hall–Kier alpha value is -1.52. The Kier molecular flexibility index (Phi) is 5.22. The summed E-state index contributed by atoms with van der Waals surface area (Å²) in [5, 5.41) is 0.670. The van der Waals surface area contributed by atoms with Crippen LogP contribution in [0, 0.1) is 12.8 Å². The molecular formula is C23H28ClNO2S. The first kappa shape index (κ1) is 19.8. The lowest BCUT2D eigenvalue weighted by molar-refractivity contribution is 0.278. The highest BCUT2D eigenvalue weighted by molar-refractivity contribution is 7.93. The van der Waals surface area contributed by atoms with Crippen LogP contribution >= 0.6 is 11.6 Å². The molecule has 2 aliphatic rings. The van der Waals surface area contributed by atoms with Gasteiger partial charge in [0.05, 0.1) is 10.6 Å². The number of halogens is 1. The van der Waals surface area contributed by atoms with Gasteiger partial charge in [0.2, 0.25) is 0 Å². The van der Waals surface area contributed by atoms with Crippen LogP contribution in [0.15, 0.2) is 47.4 Å². The number of aryl methyl sites for hydroxylation is 1. The van der Waals surface area contributed by atoms with Crippen molar-refractivity contribution in [2.75, 3.05) is 10.8 Å². The molecule has 4 rings (SSSR count). The van der Waals surface area contributed by atoms with Crippen LogP contribution in [0.1, 0.15) is 56.6 Å². The van der Waals surface area contributed by atoms with Crippen molar-refractivity contribution >= 4 is 27.3 Å². The number of hydrogen-bond acceptors (Lipinski definition) is 2. The smallest absolute Gasteiger partial charge is 0.264 e. The lowest BCUT2D eigenvalue weighted by Crippen LogP contribution is -2.37. The predicted molar refractivity (Wildman–Crippen MR) is 116 cm³/mol. The molecule has 0 spiro atoms. The molecule has 0 saturated heterocycles. The van der Waals surface area contributed by atoms with Crippen LogP contribution in [-0.2, 0) is 15.4 Å². The maximum Gasteiger partial charge on any atom is 0.264 e. The summed E-state index contributed by atoms with van der Waals surface area (Å²) < 4.78 is 28.8. The maximum atomic E-state index is 13.6. The van der Waals surface area contributed by atoms with E-state index in [1.165, 1.54) is 32.1 Å². The van der Waals surface area contributed by atoms with E-state index in [0.717, 1.165) is 23.2 Å². The molecule has 1 atom stereocenters. The molecule has 5 heteroatoms. The van der Waals surface area contributed by atoms with Crippen LogP contribution in [0.4, 0.5) is 5.69 Å². The van der Waals surface area contributed by atoms with Gasteiger partial charge >= 0.3 is 0 Å². The number of benzene rings is 2. The molecule has 1 unspecified atom stereocenters. The molecule has 1 aliphatic carbocycles. The molecule has 0 aromatic heterocycles. The number of anilines is 1. The summed E-state index contributed by atoms with van der Waals surface area (Å²) >= 11 is 6.33. The van der Waals surface area contributed by atoms with Crippen molar-refractivity contribution in [1.82, 2.24) is 0 Å². The molecule has 1 saturated carbocycles. The van der Waals surface area contributed by atoms with Gasteiger partial charge in [-0.2, -0.15) is 0 Å². The first-order chi connectivity index (χ1) is 13.3. The maximum absolute atomic E-state index is 13.6. The van der Waals surface area contributed by atoms with Crippen molar-refractivity contribution in [3.63, 3.8) is 0 Å². The van der Waals surface area contributed by atoms with Gasteiger partial charge in [-0.1, -0.05) is 68.8 Å². The quantitative estimate of drug-likeness (QED) is 0.603. The summed E-state index contributed by atoms with van der Waals surface area (Å²) in [5.41, 5.74) is 2.42. The fraction of sp³-hybridized carbons (Fsp3) is 0.478. The Morgan fingerprint density at radius 1 is 1.11 bits per heavy atom. The summed E-state index contributed by atoms with van der Waals surface area (Å²) in [5.74, 6) is 0.659. The zero-order valence-corrected chi connectivity index (χ0v) is 18.2. The summed E-state index contributed by atoms with van der Waals surface area (Å²) in [7, 11) is -3.62. The van der Waals surface area contributed by atoms with Crippen molar-refractivity contribution in [2.24, 2.45) is 5.92 Å². The van der Waals surface area contributed by atoms with Crippen molar-refractivity contribution in [3.8, 4) is 0 Å². The minimum atomic E-state index is -3.62. The molecule has 28 heavy (non-hydrogen) atoms. The number of fused-ring (bicyclic) bond motifs is 1. The first-order valence-electron chi connectivity index (χ1n) is 10.2. The van der Waals surface area contributed by atoms with E-state index < -0.39 is 10.0 Å². The Morgan fingerprint density at radius 2 is 1.82 bits per heavy atom. The summed E-state index contributed by atoms with van der Waals surface area (Å²) in [6.45, 7) is 4.55. The van der Waals surface area contributed by atoms with Crippen molar-refractivity contribution in [2.45, 2.75) is 62.7 Å². The SMILES string of the molecule is Cc1ccccc1S(=O)(=O)N1CC(C)(CC2CCCCC2)c2cc(Cl)ccc21. The lowest BCUT2D eigenvalue weighted by Gasteiger charge is -2.32. The number of nitrogens with zero attached hydrogens (tertiary/aromatic N) is 1. The molecule has 1 heterocycles. The van der Waals surface area contributed by atoms with E-state index in [2.05, 4.69) is 6.92 Å². The minimum absolute atomic E-state index is 0.210. The first-order valence-corrected chi connectivity index (χ1v) is 12.0. The minimum Gasteiger partial charge on any atom is -0.265 e. The average molecular weight is 418 g/mol. The molecule has 0 N–H and O–H groups in total. The van der Waals surface area contributed by atoms with E-state index in [9.17, 15) is 8.42 Å². The second kappa shape index (κ2) is 7.38. The molecule has 2 aromatic carbocycles. The predicted octanol–water partition coefficient (Wildman–Crippen LogP) is 6.09. The molecule has 2 aromatic rings. The average Bonchev–Trinajstić information content (AvgIpc) is 2.95. The van der Waals surface area contributed by atoms with E-state index >= 15 is 0 Å². The van der Waals surface area contributed by atoms with Crippen LogP contribution in [-0.4, -0.2) is 15.0 Å². The Labute approximate surface area is 173 Å². The zero-order valence-electron chi connectivity index (χ0n) is 16.6. The molecule has 0 bridgehead atoms. The monoisotopic (exact) mass is 417 g/mol. The molecule has 1 aliphatic heterocycles. The van der Waals surface area contributed by atoms with E-state index in [1.807, 2.05) is 31.2 Å². The topological polar surface area (TPSA) is 37.4 Å². The van der Waals surface area contributed by atoms with E-state index in [1.54, 1.807) is 22.5 Å². The molecule has 0 amide bonds. The summed E-state index contributed by atoms with van der Waals surface area (Å²) in [6.07, 6.45) is 7.40. The zero-order chi connectivity index (χ0) is 19.9. The van der Waals surface area contributed by atoms with Gasteiger partial charge in [-0.3, -0.25) is 4.31 Å². The van der Waals surface area contributed by atoms with Crippen LogP contribution in [0.2, 0.25) is 5.02 Å². The number of rotatable bonds is 4. The molecule has 1 fully saturated rings. The highest BCUT2D eigenvalue weighted by Crippen LogP contribution is 2.49. The van der Waals surface area contributed by atoms with Gasteiger partial charge in [-0.15, -0.1) is 0 Å². The van der Waals surface area contributed by atoms with Crippen LogP contribution in [0.25, 0.3) is 0 Å². The Morgan fingerprint density at radius 3 is 2.54 bits per heavy atom. The third kappa shape index (κ3) is 3.46. The molecule has 3 nitrogen and oxygen atoms in total. The largest absolute Gasteiger partial charge is 0.265 e.